The molecule has 0 saturated heterocycles. The molecule has 1 aromatic rings. The van der Waals surface area contributed by atoms with Gasteiger partial charge in [0, 0.05) is 32.3 Å². The van der Waals surface area contributed by atoms with Gasteiger partial charge in [0.1, 0.15) is 0 Å². The topological polar surface area (TPSA) is 48.7 Å². The molecule has 0 aliphatic rings. The Hall–Kier alpha value is -1.86. The van der Waals surface area contributed by atoms with E-state index in [1.807, 2.05) is 38.1 Å². The maximum atomic E-state index is 9.36. The third-order valence-corrected chi connectivity index (χ3v) is 2.21. The Bertz CT molecular complexity index is 440. The molecule has 96 valence electrons. The summed E-state index contributed by atoms with van der Waals surface area (Å²) in [4.78, 5) is 10.2. The predicted octanol–water partition coefficient (Wildman–Crippen LogP) is 1.82. The zero-order valence-electron chi connectivity index (χ0n) is 11.1. The van der Waals surface area contributed by atoms with Crippen LogP contribution in [-0.4, -0.2) is 41.5 Å². The molecule has 0 aromatic carbocycles. The molecule has 0 saturated carbocycles. The Labute approximate surface area is 108 Å². The first kappa shape index (κ1) is 14.2. The number of aromatic nitrogens is 1. The summed E-state index contributed by atoms with van der Waals surface area (Å²) < 4.78 is 0. The van der Waals surface area contributed by atoms with Gasteiger partial charge in [-0.2, -0.15) is 0 Å². The second-order valence-electron chi connectivity index (χ2n) is 4.18. The highest BCUT2D eigenvalue weighted by atomic mass is 16.3. The van der Waals surface area contributed by atoms with Crippen molar-refractivity contribution in [2.45, 2.75) is 25.9 Å². The SMILES string of the molecule is CC[C@@H](O)CC#Cc1ccc(/N=C/N(C)C)nc1. The van der Waals surface area contributed by atoms with Gasteiger partial charge in [-0.15, -0.1) is 0 Å². The molecule has 1 N–H and O–H groups in total. The van der Waals surface area contributed by atoms with E-state index in [4.69, 9.17) is 0 Å². The van der Waals surface area contributed by atoms with Crippen LogP contribution in [0.15, 0.2) is 23.3 Å². The Kier molecular flexibility index (Phi) is 5.89. The summed E-state index contributed by atoms with van der Waals surface area (Å²) in [7, 11) is 3.81. The van der Waals surface area contributed by atoms with Gasteiger partial charge in [-0.3, -0.25) is 0 Å². The fourth-order valence-corrected chi connectivity index (χ4v) is 1.13. The summed E-state index contributed by atoms with van der Waals surface area (Å²) in [6.45, 7) is 1.94. The van der Waals surface area contributed by atoms with Crippen molar-refractivity contribution in [1.29, 1.82) is 0 Å². The minimum absolute atomic E-state index is 0.338. The number of rotatable bonds is 4. The minimum atomic E-state index is -0.338. The molecular weight excluding hydrogens is 226 g/mol. The van der Waals surface area contributed by atoms with Crippen molar-refractivity contribution < 1.29 is 5.11 Å². The highest BCUT2D eigenvalue weighted by molar-refractivity contribution is 5.59. The summed E-state index contributed by atoms with van der Waals surface area (Å²) in [5, 5.41) is 9.36. The lowest BCUT2D eigenvalue weighted by Crippen LogP contribution is -2.07. The van der Waals surface area contributed by atoms with Gasteiger partial charge in [0.2, 0.25) is 0 Å². The number of aliphatic hydroxyl groups is 1. The lowest BCUT2D eigenvalue weighted by atomic mass is 10.2. The number of nitrogens with zero attached hydrogens (tertiary/aromatic N) is 3. The first-order chi connectivity index (χ1) is 8.61. The van der Waals surface area contributed by atoms with Crippen molar-refractivity contribution in [3.05, 3.63) is 23.9 Å². The molecule has 0 unspecified atom stereocenters. The smallest absolute Gasteiger partial charge is 0.153 e. The molecule has 18 heavy (non-hydrogen) atoms. The van der Waals surface area contributed by atoms with Crippen LogP contribution in [0.4, 0.5) is 5.82 Å². The van der Waals surface area contributed by atoms with Crippen molar-refractivity contribution in [3.8, 4) is 11.8 Å². The maximum Gasteiger partial charge on any atom is 0.153 e. The van der Waals surface area contributed by atoms with Gasteiger partial charge in [0.05, 0.1) is 12.4 Å². The molecule has 0 radical (unpaired) electrons. The monoisotopic (exact) mass is 245 g/mol. The van der Waals surface area contributed by atoms with Crippen LogP contribution < -0.4 is 0 Å². The van der Waals surface area contributed by atoms with Gasteiger partial charge in [-0.25, -0.2) is 9.98 Å². The lowest BCUT2D eigenvalue weighted by Gasteiger charge is -2.01. The molecule has 4 heteroatoms. The van der Waals surface area contributed by atoms with Crippen molar-refractivity contribution in [2.24, 2.45) is 4.99 Å². The van der Waals surface area contributed by atoms with Crippen LogP contribution in [0.5, 0.6) is 0 Å². The second kappa shape index (κ2) is 7.46. The highest BCUT2D eigenvalue weighted by Crippen LogP contribution is 2.07. The lowest BCUT2D eigenvalue weighted by molar-refractivity contribution is 0.176. The van der Waals surface area contributed by atoms with E-state index < -0.39 is 0 Å². The van der Waals surface area contributed by atoms with Crippen molar-refractivity contribution in [1.82, 2.24) is 9.88 Å². The quantitative estimate of drug-likeness (QED) is 0.500. The van der Waals surface area contributed by atoms with Gasteiger partial charge in [0.15, 0.2) is 5.82 Å². The first-order valence-corrected chi connectivity index (χ1v) is 5.95. The van der Waals surface area contributed by atoms with E-state index in [1.165, 1.54) is 0 Å². The Morgan fingerprint density at radius 3 is 2.83 bits per heavy atom. The molecule has 0 aliphatic heterocycles. The summed E-state index contributed by atoms with van der Waals surface area (Å²) >= 11 is 0. The molecule has 0 fully saturated rings. The zero-order chi connectivity index (χ0) is 13.4. The fourth-order valence-electron chi connectivity index (χ4n) is 1.13. The van der Waals surface area contributed by atoms with Gasteiger partial charge in [-0.1, -0.05) is 18.8 Å². The summed E-state index contributed by atoms with van der Waals surface area (Å²) in [5.41, 5.74) is 0.835. The molecule has 1 aromatic heterocycles. The first-order valence-electron chi connectivity index (χ1n) is 5.95. The van der Waals surface area contributed by atoms with E-state index in [9.17, 15) is 5.11 Å². The Balaban J connectivity index is 2.60. The Morgan fingerprint density at radius 2 is 2.28 bits per heavy atom. The van der Waals surface area contributed by atoms with Crippen LogP contribution in [0.25, 0.3) is 0 Å². The second-order valence-corrected chi connectivity index (χ2v) is 4.18. The number of hydrogen-bond acceptors (Lipinski definition) is 3. The molecule has 1 heterocycles. The van der Waals surface area contributed by atoms with Gasteiger partial charge in [0.25, 0.3) is 0 Å². The van der Waals surface area contributed by atoms with E-state index >= 15 is 0 Å². The molecule has 1 atom stereocenters. The summed E-state index contributed by atoms with van der Waals surface area (Å²) in [6, 6.07) is 3.70. The summed E-state index contributed by atoms with van der Waals surface area (Å²) in [5.74, 6) is 6.56. The van der Waals surface area contributed by atoms with Gasteiger partial charge >= 0.3 is 0 Å². The van der Waals surface area contributed by atoms with E-state index in [1.54, 1.807) is 12.5 Å². The van der Waals surface area contributed by atoms with Crippen LogP contribution in [0.3, 0.4) is 0 Å². The largest absolute Gasteiger partial charge is 0.392 e. The third-order valence-electron chi connectivity index (χ3n) is 2.21. The van der Waals surface area contributed by atoms with Gasteiger partial charge in [-0.05, 0) is 18.6 Å². The van der Waals surface area contributed by atoms with Crippen molar-refractivity contribution in [3.63, 3.8) is 0 Å². The van der Waals surface area contributed by atoms with Crippen LogP contribution in [0.1, 0.15) is 25.3 Å². The van der Waals surface area contributed by atoms with Crippen LogP contribution in [0, 0.1) is 11.8 Å². The standard InChI is InChI=1S/C14H19N3O/c1-4-13(18)7-5-6-12-8-9-14(15-10-12)16-11-17(2)3/h8-11,13,18H,4,7H2,1-3H3/b16-11+/t13-/m1/s1. The molecule has 0 amide bonds. The van der Waals surface area contributed by atoms with Crippen molar-refractivity contribution >= 4 is 12.2 Å². The normalized spacial score (nSPS) is 12.0. The fraction of sp³-hybridized carbons (Fsp3) is 0.429. The molecule has 0 spiro atoms. The Morgan fingerprint density at radius 1 is 1.50 bits per heavy atom. The molecule has 0 aliphatic carbocycles. The molecule has 4 nitrogen and oxygen atoms in total. The average molecular weight is 245 g/mol. The number of pyridine rings is 1. The third kappa shape index (κ3) is 5.46. The predicted molar refractivity (Wildman–Crippen MR) is 73.9 cm³/mol. The van der Waals surface area contributed by atoms with Crippen LogP contribution in [-0.2, 0) is 0 Å². The van der Waals surface area contributed by atoms with Crippen molar-refractivity contribution in [2.75, 3.05) is 14.1 Å². The van der Waals surface area contributed by atoms with Gasteiger partial charge < -0.3 is 10.0 Å². The number of aliphatic imine (C=N–C) groups is 1. The molecule has 1 rings (SSSR count). The van der Waals surface area contributed by atoms with E-state index in [-0.39, 0.29) is 6.10 Å². The van der Waals surface area contributed by atoms with Crippen LogP contribution >= 0.6 is 0 Å². The maximum absolute atomic E-state index is 9.36. The van der Waals surface area contributed by atoms with E-state index in [2.05, 4.69) is 21.8 Å². The van der Waals surface area contributed by atoms with E-state index in [0.717, 1.165) is 12.0 Å². The van der Waals surface area contributed by atoms with Crippen LogP contribution in [0.2, 0.25) is 0 Å². The molecule has 0 bridgehead atoms. The van der Waals surface area contributed by atoms with E-state index in [0.29, 0.717) is 12.2 Å². The highest BCUT2D eigenvalue weighted by Gasteiger charge is 1.95. The molecular formula is C14H19N3O. The number of hydrogen-bond donors (Lipinski definition) is 1. The minimum Gasteiger partial charge on any atom is -0.392 e. The average Bonchev–Trinajstić information content (AvgIpc) is 2.37. The zero-order valence-corrected chi connectivity index (χ0v) is 11.1. The number of aliphatic hydroxyl groups excluding tert-OH is 1. The summed E-state index contributed by atoms with van der Waals surface area (Å²) in [6.07, 6.45) is 4.27.